The second-order valence-electron chi connectivity index (χ2n) is 10.3. The van der Waals surface area contributed by atoms with E-state index in [0.29, 0.717) is 30.8 Å². The lowest BCUT2D eigenvalue weighted by molar-refractivity contribution is -0.190. The quantitative estimate of drug-likeness (QED) is 0.642. The van der Waals surface area contributed by atoms with E-state index in [4.69, 9.17) is 9.47 Å². The number of benzene rings is 2. The maximum absolute atomic E-state index is 14.6. The highest BCUT2D eigenvalue weighted by Gasteiger charge is 2.45. The molecule has 6 heteroatoms. The van der Waals surface area contributed by atoms with Crippen LogP contribution in [0.25, 0.3) is 0 Å². The summed E-state index contributed by atoms with van der Waals surface area (Å²) in [4.78, 5) is 14.9. The number of piperidine rings is 1. The molecular formula is C28H36FNO4. The number of carbonyl (C=O) groups is 1. The number of amides is 1. The average molecular weight is 470 g/mol. The minimum atomic E-state index is -1.01. The highest BCUT2D eigenvalue weighted by Crippen LogP contribution is 2.44. The van der Waals surface area contributed by atoms with E-state index in [1.54, 1.807) is 30.9 Å². The zero-order valence-electron chi connectivity index (χ0n) is 20.4. The van der Waals surface area contributed by atoms with Crippen molar-refractivity contribution >= 4 is 5.91 Å². The number of ether oxygens (including phenoxy) is 2. The maximum Gasteiger partial charge on any atom is 0.253 e. The molecule has 1 spiro atoms. The first-order valence-corrected chi connectivity index (χ1v) is 12.3. The van der Waals surface area contributed by atoms with Crippen LogP contribution in [0.1, 0.15) is 74.0 Å². The first-order chi connectivity index (χ1) is 16.2. The topological polar surface area (TPSA) is 59.0 Å². The Kier molecular flexibility index (Phi) is 7.41. The molecular weight excluding hydrogens is 433 g/mol. The van der Waals surface area contributed by atoms with Gasteiger partial charge in [-0.25, -0.2) is 4.39 Å². The van der Waals surface area contributed by atoms with Crippen molar-refractivity contribution in [2.24, 2.45) is 0 Å². The SMILES string of the molecule is CCO[C@H]1C[C@H](c2ccccc2)OC2(CCN(C(=O)c3ccc(CC(C)(C)O)c(F)c3)CC2)C1. The van der Waals surface area contributed by atoms with E-state index in [9.17, 15) is 14.3 Å². The maximum atomic E-state index is 14.6. The van der Waals surface area contributed by atoms with Gasteiger partial charge in [0.2, 0.25) is 0 Å². The van der Waals surface area contributed by atoms with Crippen LogP contribution in [-0.2, 0) is 15.9 Å². The largest absolute Gasteiger partial charge is 0.390 e. The summed E-state index contributed by atoms with van der Waals surface area (Å²) in [6.07, 6.45) is 3.41. The third kappa shape index (κ3) is 5.85. The number of hydrogen-bond donors (Lipinski definition) is 1. The van der Waals surface area contributed by atoms with Crippen molar-refractivity contribution in [3.05, 3.63) is 71.0 Å². The molecule has 34 heavy (non-hydrogen) atoms. The molecule has 0 saturated carbocycles. The smallest absolute Gasteiger partial charge is 0.253 e. The van der Waals surface area contributed by atoms with Crippen LogP contribution >= 0.6 is 0 Å². The summed E-state index contributed by atoms with van der Waals surface area (Å²) >= 11 is 0. The van der Waals surface area contributed by atoms with Gasteiger partial charge >= 0.3 is 0 Å². The molecule has 2 heterocycles. The molecule has 0 aliphatic carbocycles. The fourth-order valence-electron chi connectivity index (χ4n) is 5.28. The molecule has 2 fully saturated rings. The standard InChI is InChI=1S/C28H36FNO4/c1-4-33-23-17-25(20-8-6-5-7-9-20)34-28(19-23)12-14-30(15-13-28)26(31)21-10-11-22(24(29)16-21)18-27(2,3)32/h5-11,16,23,25,32H,4,12-15,17-19H2,1-3H3/t23-,25+/m0/s1. The molecule has 2 aliphatic heterocycles. The van der Waals surface area contributed by atoms with Gasteiger partial charge in [-0.05, 0) is 56.9 Å². The highest BCUT2D eigenvalue weighted by molar-refractivity contribution is 5.94. The van der Waals surface area contributed by atoms with Crippen LogP contribution < -0.4 is 0 Å². The van der Waals surface area contributed by atoms with Crippen molar-refractivity contribution in [1.29, 1.82) is 0 Å². The number of halogens is 1. The van der Waals surface area contributed by atoms with Gasteiger partial charge in [0, 0.05) is 44.5 Å². The van der Waals surface area contributed by atoms with Gasteiger partial charge in [-0.1, -0.05) is 36.4 Å². The molecule has 4 rings (SSSR count). The second kappa shape index (κ2) is 10.1. The van der Waals surface area contributed by atoms with Gasteiger partial charge < -0.3 is 19.5 Å². The van der Waals surface area contributed by atoms with Crippen LogP contribution in [-0.4, -0.2) is 52.9 Å². The van der Waals surface area contributed by atoms with Crippen LogP contribution in [0.15, 0.2) is 48.5 Å². The van der Waals surface area contributed by atoms with Gasteiger partial charge in [-0.2, -0.15) is 0 Å². The Balaban J connectivity index is 1.44. The zero-order chi connectivity index (χ0) is 24.3. The molecule has 1 N–H and O–H groups in total. The van der Waals surface area contributed by atoms with Gasteiger partial charge in [0.25, 0.3) is 5.91 Å². The number of aliphatic hydroxyl groups is 1. The van der Waals surface area contributed by atoms with Gasteiger partial charge in [-0.3, -0.25) is 4.79 Å². The Morgan fingerprint density at radius 1 is 1.21 bits per heavy atom. The molecule has 2 aliphatic rings. The lowest BCUT2D eigenvalue weighted by Crippen LogP contribution is -2.52. The van der Waals surface area contributed by atoms with Crippen molar-refractivity contribution in [3.8, 4) is 0 Å². The summed E-state index contributed by atoms with van der Waals surface area (Å²) in [5, 5.41) is 9.98. The summed E-state index contributed by atoms with van der Waals surface area (Å²) in [5.41, 5.74) is 0.575. The van der Waals surface area contributed by atoms with Crippen LogP contribution in [0.2, 0.25) is 0 Å². The van der Waals surface area contributed by atoms with Gasteiger partial charge in [0.05, 0.1) is 23.4 Å². The predicted octanol–water partition coefficient (Wildman–Crippen LogP) is 5.07. The van der Waals surface area contributed by atoms with Crippen molar-refractivity contribution < 1.29 is 23.8 Å². The number of rotatable bonds is 6. The summed E-state index contributed by atoms with van der Waals surface area (Å²) in [7, 11) is 0. The van der Waals surface area contributed by atoms with Crippen molar-refractivity contribution in [2.45, 2.75) is 76.3 Å². The Bertz CT molecular complexity index is 980. The van der Waals surface area contributed by atoms with E-state index in [0.717, 1.165) is 31.2 Å². The summed E-state index contributed by atoms with van der Waals surface area (Å²) in [6, 6.07) is 14.8. The van der Waals surface area contributed by atoms with E-state index in [-0.39, 0.29) is 30.1 Å². The Hall–Kier alpha value is -2.28. The monoisotopic (exact) mass is 469 g/mol. The van der Waals surface area contributed by atoms with Gasteiger partial charge in [0.1, 0.15) is 5.82 Å². The van der Waals surface area contributed by atoms with E-state index >= 15 is 0 Å². The molecule has 1 amide bonds. The van der Waals surface area contributed by atoms with Crippen molar-refractivity contribution in [1.82, 2.24) is 4.90 Å². The van der Waals surface area contributed by atoms with E-state index in [2.05, 4.69) is 12.1 Å². The van der Waals surface area contributed by atoms with Gasteiger partial charge in [0.15, 0.2) is 0 Å². The van der Waals surface area contributed by atoms with E-state index in [1.807, 2.05) is 25.1 Å². The molecule has 184 valence electrons. The lowest BCUT2D eigenvalue weighted by atomic mass is 9.80. The minimum Gasteiger partial charge on any atom is -0.390 e. The molecule has 2 aromatic carbocycles. The Morgan fingerprint density at radius 2 is 1.91 bits per heavy atom. The predicted molar refractivity (Wildman–Crippen MR) is 129 cm³/mol. The van der Waals surface area contributed by atoms with Crippen molar-refractivity contribution in [3.63, 3.8) is 0 Å². The van der Waals surface area contributed by atoms with E-state index in [1.165, 1.54) is 6.07 Å². The van der Waals surface area contributed by atoms with Gasteiger partial charge in [-0.15, -0.1) is 0 Å². The zero-order valence-corrected chi connectivity index (χ0v) is 20.4. The minimum absolute atomic E-state index is 0.0221. The molecule has 0 unspecified atom stereocenters. The summed E-state index contributed by atoms with van der Waals surface area (Å²) in [6.45, 7) is 7.09. The fraction of sp³-hybridized carbons (Fsp3) is 0.536. The first kappa shape index (κ1) is 24.8. The number of carbonyl (C=O) groups excluding carboxylic acids is 1. The second-order valence-corrected chi connectivity index (χ2v) is 10.3. The Morgan fingerprint density at radius 3 is 2.53 bits per heavy atom. The molecule has 2 aromatic rings. The summed E-state index contributed by atoms with van der Waals surface area (Å²) < 4.78 is 27.3. The van der Waals surface area contributed by atoms with E-state index < -0.39 is 11.4 Å². The Labute approximate surface area is 201 Å². The third-order valence-corrected chi connectivity index (χ3v) is 6.93. The number of nitrogens with zero attached hydrogens (tertiary/aromatic N) is 1. The number of likely N-dealkylation sites (tertiary alicyclic amines) is 1. The first-order valence-electron chi connectivity index (χ1n) is 12.3. The van der Waals surface area contributed by atoms with Crippen LogP contribution in [0.4, 0.5) is 4.39 Å². The van der Waals surface area contributed by atoms with Crippen LogP contribution in [0.5, 0.6) is 0 Å². The highest BCUT2D eigenvalue weighted by atomic mass is 19.1. The number of hydrogen-bond acceptors (Lipinski definition) is 4. The molecule has 2 atom stereocenters. The fourth-order valence-corrected chi connectivity index (χ4v) is 5.28. The van der Waals surface area contributed by atoms with Crippen LogP contribution in [0, 0.1) is 5.82 Å². The molecule has 2 saturated heterocycles. The van der Waals surface area contributed by atoms with Crippen LogP contribution in [0.3, 0.4) is 0 Å². The molecule has 5 nitrogen and oxygen atoms in total. The lowest BCUT2D eigenvalue weighted by Gasteiger charge is -2.48. The normalized spacial score (nSPS) is 22.7. The average Bonchev–Trinajstić information content (AvgIpc) is 2.80. The third-order valence-electron chi connectivity index (χ3n) is 6.93. The molecule has 0 aromatic heterocycles. The molecule has 0 bridgehead atoms. The summed E-state index contributed by atoms with van der Waals surface area (Å²) in [5.74, 6) is -0.623. The van der Waals surface area contributed by atoms with Crippen molar-refractivity contribution in [2.75, 3.05) is 19.7 Å². The molecule has 0 radical (unpaired) electrons.